The van der Waals surface area contributed by atoms with Gasteiger partial charge in [-0.15, -0.1) is 0 Å². The van der Waals surface area contributed by atoms with Gasteiger partial charge in [0.1, 0.15) is 18.1 Å². The van der Waals surface area contributed by atoms with Crippen molar-refractivity contribution in [2.75, 3.05) is 30.8 Å². The summed E-state index contributed by atoms with van der Waals surface area (Å²) in [5.41, 5.74) is 2.64. The van der Waals surface area contributed by atoms with E-state index in [2.05, 4.69) is 10.6 Å². The van der Waals surface area contributed by atoms with Crippen LogP contribution in [0.5, 0.6) is 5.75 Å². The molecular weight excluding hydrogens is 537 g/mol. The topological polar surface area (TPSA) is 88.5 Å². The van der Waals surface area contributed by atoms with Crippen LogP contribution < -0.4 is 15.4 Å². The summed E-state index contributed by atoms with van der Waals surface area (Å²) < 4.78 is 6.92. The van der Waals surface area contributed by atoms with Crippen molar-refractivity contribution in [2.45, 2.75) is 19.8 Å². The number of rotatable bonds is 10. The molecule has 4 rings (SSSR count). The van der Waals surface area contributed by atoms with E-state index in [0.717, 1.165) is 24.1 Å². The first kappa shape index (κ1) is 28.0. The molecule has 10 heteroatoms. The monoisotopic (exact) mass is 565 g/mol. The third kappa shape index (κ3) is 7.10. The van der Waals surface area contributed by atoms with Crippen LogP contribution in [0.1, 0.15) is 19.8 Å². The molecule has 0 saturated carbocycles. The summed E-state index contributed by atoms with van der Waals surface area (Å²) in [5.74, 6) is 0.797. The molecule has 0 aliphatic carbocycles. The maximum Gasteiger partial charge on any atom is 0.322 e. The van der Waals surface area contributed by atoms with Crippen molar-refractivity contribution in [3.8, 4) is 22.7 Å². The third-order valence-corrected chi connectivity index (χ3v) is 6.59. The second kappa shape index (κ2) is 13.2. The van der Waals surface area contributed by atoms with Gasteiger partial charge >= 0.3 is 6.03 Å². The van der Waals surface area contributed by atoms with Gasteiger partial charge in [-0.25, -0.2) is 9.48 Å². The first-order valence-electron chi connectivity index (χ1n) is 12.5. The standard InChI is InChI=1S/C29H29Cl2N5O3/c1-3-4-17-35(29(38)33-28-23(30)11-8-12-24(28)31)19-27(37)32-26-18-25(20-9-6-5-7-10-20)34-36(26)21-13-15-22(39-2)16-14-21/h5-16,18H,3-4,17,19H2,1-2H3,(H,32,37)(H,33,38). The van der Waals surface area contributed by atoms with Crippen LogP contribution in [0.4, 0.5) is 16.3 Å². The maximum absolute atomic E-state index is 13.3. The van der Waals surface area contributed by atoms with E-state index >= 15 is 0 Å². The molecule has 8 nitrogen and oxygen atoms in total. The molecule has 0 saturated heterocycles. The molecule has 1 aromatic heterocycles. The molecule has 1 heterocycles. The Morgan fingerprint density at radius 1 is 0.949 bits per heavy atom. The fourth-order valence-electron chi connectivity index (χ4n) is 3.90. The van der Waals surface area contributed by atoms with Crippen LogP contribution in [-0.2, 0) is 4.79 Å². The van der Waals surface area contributed by atoms with Crippen LogP contribution in [0.3, 0.4) is 0 Å². The molecule has 0 aliphatic heterocycles. The zero-order valence-electron chi connectivity index (χ0n) is 21.7. The Morgan fingerprint density at radius 2 is 1.64 bits per heavy atom. The Morgan fingerprint density at radius 3 is 2.28 bits per heavy atom. The number of nitrogens with one attached hydrogen (secondary N) is 2. The van der Waals surface area contributed by atoms with Gasteiger partial charge in [-0.3, -0.25) is 4.79 Å². The van der Waals surface area contributed by atoms with Crippen LogP contribution in [0.25, 0.3) is 16.9 Å². The molecule has 0 radical (unpaired) electrons. The molecule has 3 amide bonds. The van der Waals surface area contributed by atoms with E-state index in [1.165, 1.54) is 4.90 Å². The number of unbranched alkanes of at least 4 members (excludes halogenated alkanes) is 1. The van der Waals surface area contributed by atoms with Crippen molar-refractivity contribution in [1.29, 1.82) is 0 Å². The number of methoxy groups -OCH3 is 1. The summed E-state index contributed by atoms with van der Waals surface area (Å²) in [6, 6.07) is 23.3. The molecule has 0 fully saturated rings. The minimum absolute atomic E-state index is 0.178. The molecule has 0 spiro atoms. The molecule has 0 atom stereocenters. The minimum Gasteiger partial charge on any atom is -0.497 e. The van der Waals surface area contributed by atoms with Crippen molar-refractivity contribution in [3.63, 3.8) is 0 Å². The second-order valence-electron chi connectivity index (χ2n) is 8.74. The van der Waals surface area contributed by atoms with E-state index in [-0.39, 0.29) is 12.5 Å². The Kier molecular flexibility index (Phi) is 9.46. The van der Waals surface area contributed by atoms with E-state index in [1.54, 1.807) is 36.1 Å². The number of anilines is 2. The number of hydrogen-bond acceptors (Lipinski definition) is 4. The quantitative estimate of drug-likeness (QED) is 0.214. The van der Waals surface area contributed by atoms with Gasteiger partial charge in [0.15, 0.2) is 0 Å². The number of amides is 3. The van der Waals surface area contributed by atoms with Gasteiger partial charge in [0.2, 0.25) is 5.91 Å². The highest BCUT2D eigenvalue weighted by Gasteiger charge is 2.21. The smallest absolute Gasteiger partial charge is 0.322 e. The number of carbonyl (C=O) groups is 2. The highest BCUT2D eigenvalue weighted by molar-refractivity contribution is 6.39. The van der Waals surface area contributed by atoms with Crippen molar-refractivity contribution in [1.82, 2.24) is 14.7 Å². The zero-order chi connectivity index (χ0) is 27.8. The normalized spacial score (nSPS) is 10.7. The van der Waals surface area contributed by atoms with Gasteiger partial charge in [0.05, 0.1) is 34.2 Å². The van der Waals surface area contributed by atoms with Gasteiger partial charge in [0, 0.05) is 18.2 Å². The molecule has 39 heavy (non-hydrogen) atoms. The van der Waals surface area contributed by atoms with Crippen LogP contribution in [0.2, 0.25) is 10.0 Å². The number of hydrogen-bond donors (Lipinski definition) is 2. The maximum atomic E-state index is 13.3. The molecule has 0 unspecified atom stereocenters. The average Bonchev–Trinajstić information content (AvgIpc) is 3.37. The predicted octanol–water partition coefficient (Wildman–Crippen LogP) is 7.13. The molecule has 202 valence electrons. The molecule has 0 aliphatic rings. The largest absolute Gasteiger partial charge is 0.497 e. The molecule has 3 aromatic carbocycles. The van der Waals surface area contributed by atoms with Crippen molar-refractivity contribution >= 4 is 46.6 Å². The number of urea groups is 1. The first-order chi connectivity index (χ1) is 18.9. The summed E-state index contributed by atoms with van der Waals surface area (Å²) in [5, 5.41) is 11.0. The summed E-state index contributed by atoms with van der Waals surface area (Å²) in [6.07, 6.45) is 1.57. The van der Waals surface area contributed by atoms with E-state index < -0.39 is 6.03 Å². The van der Waals surface area contributed by atoms with Crippen LogP contribution in [-0.4, -0.2) is 46.8 Å². The van der Waals surface area contributed by atoms with Gasteiger partial charge in [0.25, 0.3) is 0 Å². The number of aromatic nitrogens is 2. The van der Waals surface area contributed by atoms with E-state index in [0.29, 0.717) is 39.5 Å². The van der Waals surface area contributed by atoms with E-state index in [9.17, 15) is 9.59 Å². The van der Waals surface area contributed by atoms with E-state index in [4.69, 9.17) is 33.0 Å². The van der Waals surface area contributed by atoms with Gasteiger partial charge in [-0.05, 0) is 42.8 Å². The molecular formula is C29H29Cl2N5O3. The van der Waals surface area contributed by atoms with Gasteiger partial charge < -0.3 is 20.3 Å². The van der Waals surface area contributed by atoms with Gasteiger partial charge in [-0.2, -0.15) is 5.10 Å². The second-order valence-corrected chi connectivity index (χ2v) is 9.56. The average molecular weight is 566 g/mol. The third-order valence-electron chi connectivity index (χ3n) is 5.96. The van der Waals surface area contributed by atoms with Crippen molar-refractivity contribution in [2.24, 2.45) is 0 Å². The van der Waals surface area contributed by atoms with Crippen LogP contribution in [0, 0.1) is 0 Å². The Bertz CT molecular complexity index is 1400. The van der Waals surface area contributed by atoms with Crippen LogP contribution in [0.15, 0.2) is 78.9 Å². The Hall–Kier alpha value is -4.01. The van der Waals surface area contributed by atoms with Gasteiger partial charge in [-0.1, -0.05) is 72.9 Å². The number of nitrogens with zero attached hydrogens (tertiary/aromatic N) is 3. The molecule has 0 bridgehead atoms. The highest BCUT2D eigenvalue weighted by Crippen LogP contribution is 2.30. The lowest BCUT2D eigenvalue weighted by Crippen LogP contribution is -2.41. The lowest BCUT2D eigenvalue weighted by Gasteiger charge is -2.23. The Labute approximate surface area is 237 Å². The number of benzene rings is 3. The SMILES string of the molecule is CCCCN(CC(=O)Nc1cc(-c2ccccc2)nn1-c1ccc(OC)cc1)C(=O)Nc1c(Cl)cccc1Cl. The predicted molar refractivity (Wildman–Crippen MR) is 156 cm³/mol. The first-order valence-corrected chi connectivity index (χ1v) is 13.2. The highest BCUT2D eigenvalue weighted by atomic mass is 35.5. The molecule has 2 N–H and O–H groups in total. The zero-order valence-corrected chi connectivity index (χ0v) is 23.2. The minimum atomic E-state index is -0.470. The fraction of sp³-hybridized carbons (Fsp3) is 0.207. The number of ether oxygens (including phenoxy) is 1. The number of halogens is 2. The number of carbonyl (C=O) groups excluding carboxylic acids is 2. The van der Waals surface area contributed by atoms with Crippen molar-refractivity contribution in [3.05, 3.63) is 88.9 Å². The van der Waals surface area contributed by atoms with Crippen molar-refractivity contribution < 1.29 is 14.3 Å². The summed E-state index contributed by atoms with van der Waals surface area (Å²) >= 11 is 12.5. The molecule has 4 aromatic rings. The lowest BCUT2D eigenvalue weighted by atomic mass is 10.1. The van der Waals surface area contributed by atoms with Crippen LogP contribution >= 0.6 is 23.2 Å². The summed E-state index contributed by atoms with van der Waals surface area (Å²) in [7, 11) is 1.60. The Balaban J connectivity index is 1.57. The fourth-order valence-corrected chi connectivity index (χ4v) is 4.39. The summed E-state index contributed by atoms with van der Waals surface area (Å²) in [4.78, 5) is 27.8. The van der Waals surface area contributed by atoms with E-state index in [1.807, 2.05) is 61.5 Å². The number of para-hydroxylation sites is 1. The summed E-state index contributed by atoms with van der Waals surface area (Å²) in [6.45, 7) is 2.22. The lowest BCUT2D eigenvalue weighted by molar-refractivity contribution is -0.116.